The van der Waals surface area contributed by atoms with Crippen LogP contribution in [0.25, 0.3) is 0 Å². The number of nitrogens with zero attached hydrogens (tertiary/aromatic N) is 2. The van der Waals surface area contributed by atoms with Gasteiger partial charge in [0.15, 0.2) is 16.6 Å². The summed E-state index contributed by atoms with van der Waals surface area (Å²) >= 11 is 1.33. The largest absolute Gasteiger partial charge is 0.497 e. The SMILES string of the molecule is COc1cccc(CN(C)c2snc(N)c2OC)c1. The molecule has 0 aliphatic heterocycles. The highest BCUT2D eigenvalue weighted by Crippen LogP contribution is 2.37. The molecule has 2 N–H and O–H groups in total. The Morgan fingerprint density at radius 3 is 2.79 bits per heavy atom. The van der Waals surface area contributed by atoms with Gasteiger partial charge in [0.1, 0.15) is 5.75 Å². The van der Waals surface area contributed by atoms with Crippen molar-refractivity contribution in [3.63, 3.8) is 0 Å². The Morgan fingerprint density at radius 2 is 2.11 bits per heavy atom. The number of anilines is 2. The highest BCUT2D eigenvalue weighted by molar-refractivity contribution is 7.11. The van der Waals surface area contributed by atoms with E-state index in [4.69, 9.17) is 15.2 Å². The molecule has 2 aromatic rings. The highest BCUT2D eigenvalue weighted by Gasteiger charge is 2.16. The van der Waals surface area contributed by atoms with Crippen LogP contribution in [0.4, 0.5) is 10.8 Å². The molecule has 0 fully saturated rings. The maximum atomic E-state index is 5.76. The van der Waals surface area contributed by atoms with Crippen molar-refractivity contribution in [2.45, 2.75) is 6.54 Å². The van der Waals surface area contributed by atoms with E-state index in [0.717, 1.165) is 22.9 Å². The second-order valence-corrected chi connectivity index (χ2v) is 4.87. The Balaban J connectivity index is 2.17. The first-order valence-corrected chi connectivity index (χ1v) is 6.56. The molecule has 1 heterocycles. The van der Waals surface area contributed by atoms with Gasteiger partial charge in [-0.1, -0.05) is 12.1 Å². The molecule has 0 bridgehead atoms. The fourth-order valence-corrected chi connectivity index (χ4v) is 2.58. The summed E-state index contributed by atoms with van der Waals surface area (Å²) in [6.45, 7) is 0.731. The Bertz CT molecular complexity index is 557. The zero-order valence-corrected chi connectivity index (χ0v) is 12.0. The lowest BCUT2D eigenvalue weighted by atomic mass is 10.2. The third-order valence-corrected chi connectivity index (χ3v) is 3.72. The monoisotopic (exact) mass is 279 g/mol. The molecular weight excluding hydrogens is 262 g/mol. The molecule has 0 saturated carbocycles. The maximum absolute atomic E-state index is 5.76. The summed E-state index contributed by atoms with van der Waals surface area (Å²) in [5.74, 6) is 1.91. The predicted molar refractivity (Wildman–Crippen MR) is 78.2 cm³/mol. The summed E-state index contributed by atoms with van der Waals surface area (Å²) < 4.78 is 14.6. The normalized spacial score (nSPS) is 10.3. The van der Waals surface area contributed by atoms with Gasteiger partial charge in [0.2, 0.25) is 0 Å². The van der Waals surface area contributed by atoms with Crippen LogP contribution in [0.15, 0.2) is 24.3 Å². The standard InChI is InChI=1S/C13H17N3O2S/c1-16(13-11(18-3)12(14)15-19-13)8-9-5-4-6-10(7-9)17-2/h4-7H,8H2,1-3H3,(H2,14,15). The number of rotatable bonds is 5. The molecule has 2 rings (SSSR count). The number of methoxy groups -OCH3 is 2. The van der Waals surface area contributed by atoms with Gasteiger partial charge in [0.05, 0.1) is 14.2 Å². The first-order valence-electron chi connectivity index (χ1n) is 5.79. The van der Waals surface area contributed by atoms with Crippen LogP contribution in [-0.4, -0.2) is 25.6 Å². The number of nitrogens with two attached hydrogens (primary N) is 1. The van der Waals surface area contributed by atoms with E-state index in [-0.39, 0.29) is 0 Å². The number of benzene rings is 1. The Hall–Kier alpha value is -1.95. The van der Waals surface area contributed by atoms with E-state index in [1.165, 1.54) is 11.5 Å². The molecule has 5 nitrogen and oxygen atoms in total. The molecule has 1 aromatic carbocycles. The van der Waals surface area contributed by atoms with Crippen LogP contribution >= 0.6 is 11.5 Å². The smallest absolute Gasteiger partial charge is 0.197 e. The molecule has 0 radical (unpaired) electrons. The van der Waals surface area contributed by atoms with Crippen molar-refractivity contribution in [1.82, 2.24) is 4.37 Å². The second kappa shape index (κ2) is 5.79. The van der Waals surface area contributed by atoms with Gasteiger partial charge in [-0.05, 0) is 29.2 Å². The second-order valence-electron chi connectivity index (χ2n) is 4.11. The van der Waals surface area contributed by atoms with Gasteiger partial charge in [-0.15, -0.1) is 0 Å². The van der Waals surface area contributed by atoms with Gasteiger partial charge >= 0.3 is 0 Å². The van der Waals surface area contributed by atoms with Gasteiger partial charge in [-0.2, -0.15) is 4.37 Å². The predicted octanol–water partition coefficient (Wildman–Crippen LogP) is 2.38. The average molecular weight is 279 g/mol. The van der Waals surface area contributed by atoms with Crippen molar-refractivity contribution in [2.24, 2.45) is 0 Å². The van der Waals surface area contributed by atoms with Crippen LogP contribution in [0, 0.1) is 0 Å². The Kier molecular flexibility index (Phi) is 4.11. The summed E-state index contributed by atoms with van der Waals surface area (Å²) in [5, 5.41) is 0.919. The minimum absolute atomic E-state index is 0.431. The molecule has 0 amide bonds. The first kappa shape index (κ1) is 13.5. The minimum Gasteiger partial charge on any atom is -0.497 e. The van der Waals surface area contributed by atoms with Crippen molar-refractivity contribution in [1.29, 1.82) is 0 Å². The summed E-state index contributed by atoms with van der Waals surface area (Å²) in [4.78, 5) is 2.06. The quantitative estimate of drug-likeness (QED) is 0.910. The summed E-state index contributed by atoms with van der Waals surface area (Å²) in [6.07, 6.45) is 0. The summed E-state index contributed by atoms with van der Waals surface area (Å²) in [7, 11) is 5.24. The number of ether oxygens (including phenoxy) is 2. The van der Waals surface area contributed by atoms with Crippen LogP contribution in [-0.2, 0) is 6.54 Å². The molecule has 19 heavy (non-hydrogen) atoms. The number of hydrogen-bond acceptors (Lipinski definition) is 6. The molecule has 0 atom stereocenters. The van der Waals surface area contributed by atoms with E-state index >= 15 is 0 Å². The number of aromatic nitrogens is 1. The van der Waals surface area contributed by atoms with Gasteiger partial charge in [0, 0.05) is 13.6 Å². The highest BCUT2D eigenvalue weighted by atomic mass is 32.1. The zero-order chi connectivity index (χ0) is 13.8. The van der Waals surface area contributed by atoms with Crippen LogP contribution in [0.3, 0.4) is 0 Å². The third kappa shape index (κ3) is 2.90. The maximum Gasteiger partial charge on any atom is 0.197 e. The fraction of sp³-hybridized carbons (Fsp3) is 0.308. The summed E-state index contributed by atoms with van der Waals surface area (Å²) in [5.41, 5.74) is 6.91. The Morgan fingerprint density at radius 1 is 1.32 bits per heavy atom. The number of hydrogen-bond donors (Lipinski definition) is 1. The molecule has 0 unspecified atom stereocenters. The average Bonchev–Trinajstić information content (AvgIpc) is 2.80. The molecule has 0 saturated heterocycles. The molecular formula is C13H17N3O2S. The van der Waals surface area contributed by atoms with E-state index < -0.39 is 0 Å². The van der Waals surface area contributed by atoms with Crippen molar-refractivity contribution < 1.29 is 9.47 Å². The lowest BCUT2D eigenvalue weighted by Crippen LogP contribution is -2.15. The van der Waals surface area contributed by atoms with E-state index in [1.54, 1.807) is 14.2 Å². The van der Waals surface area contributed by atoms with Crippen molar-refractivity contribution in [3.05, 3.63) is 29.8 Å². The zero-order valence-electron chi connectivity index (χ0n) is 11.2. The van der Waals surface area contributed by atoms with E-state index in [9.17, 15) is 0 Å². The molecule has 0 aliphatic carbocycles. The van der Waals surface area contributed by atoms with E-state index in [0.29, 0.717) is 11.6 Å². The van der Waals surface area contributed by atoms with Crippen LogP contribution in [0.2, 0.25) is 0 Å². The van der Waals surface area contributed by atoms with Gasteiger partial charge in [0.25, 0.3) is 0 Å². The van der Waals surface area contributed by atoms with Crippen LogP contribution in [0.1, 0.15) is 5.56 Å². The Labute approximate surface area is 116 Å². The van der Waals surface area contributed by atoms with E-state index in [1.807, 2.05) is 25.2 Å². The van der Waals surface area contributed by atoms with Gasteiger partial charge in [-0.25, -0.2) is 0 Å². The lowest BCUT2D eigenvalue weighted by Gasteiger charge is -2.18. The van der Waals surface area contributed by atoms with Crippen molar-refractivity contribution in [2.75, 3.05) is 31.9 Å². The first-order chi connectivity index (χ1) is 9.15. The minimum atomic E-state index is 0.431. The fourth-order valence-electron chi connectivity index (χ4n) is 1.84. The van der Waals surface area contributed by atoms with Crippen molar-refractivity contribution >= 4 is 22.4 Å². The summed E-state index contributed by atoms with van der Waals surface area (Å²) in [6, 6.07) is 7.96. The van der Waals surface area contributed by atoms with E-state index in [2.05, 4.69) is 15.3 Å². The van der Waals surface area contributed by atoms with Gasteiger partial charge < -0.3 is 20.1 Å². The van der Waals surface area contributed by atoms with Crippen molar-refractivity contribution in [3.8, 4) is 11.5 Å². The molecule has 0 spiro atoms. The molecule has 102 valence electrons. The lowest BCUT2D eigenvalue weighted by molar-refractivity contribution is 0.414. The molecule has 6 heteroatoms. The number of nitrogen functional groups attached to an aromatic ring is 1. The molecule has 0 aliphatic rings. The topological polar surface area (TPSA) is 60.6 Å². The van der Waals surface area contributed by atoms with Gasteiger partial charge in [-0.3, -0.25) is 0 Å². The van der Waals surface area contributed by atoms with Crippen LogP contribution < -0.4 is 20.1 Å². The van der Waals surface area contributed by atoms with Crippen LogP contribution in [0.5, 0.6) is 11.5 Å². The third-order valence-electron chi connectivity index (χ3n) is 2.76. The molecule has 1 aromatic heterocycles.